The van der Waals surface area contributed by atoms with Crippen LogP contribution in [0.2, 0.25) is 0 Å². The van der Waals surface area contributed by atoms with E-state index in [0.29, 0.717) is 12.5 Å². The molecule has 0 aromatic carbocycles. The molecule has 0 bridgehead atoms. The summed E-state index contributed by atoms with van der Waals surface area (Å²) >= 11 is 3.33. The molecule has 84 valence electrons. The molecule has 0 aliphatic heterocycles. The van der Waals surface area contributed by atoms with Crippen molar-refractivity contribution >= 4 is 27.7 Å². The van der Waals surface area contributed by atoms with Crippen LogP contribution in [0.15, 0.2) is 10.7 Å². The molecule has 0 aliphatic carbocycles. The molecule has 0 amide bonds. The fourth-order valence-corrected chi connectivity index (χ4v) is 1.35. The molecular weight excluding hydrogens is 260 g/mol. The molecule has 1 rings (SSSR count). The van der Waals surface area contributed by atoms with Crippen molar-refractivity contribution in [1.29, 1.82) is 0 Å². The van der Waals surface area contributed by atoms with Crippen LogP contribution in [0, 0.1) is 5.92 Å². The number of hydrogen-bond acceptors (Lipinski definition) is 5. The van der Waals surface area contributed by atoms with E-state index in [9.17, 15) is 0 Å². The van der Waals surface area contributed by atoms with Crippen LogP contribution >= 0.6 is 15.9 Å². The summed E-state index contributed by atoms with van der Waals surface area (Å²) in [5, 5.41) is 14.9. The van der Waals surface area contributed by atoms with Crippen molar-refractivity contribution in [3.63, 3.8) is 0 Å². The Balaban J connectivity index is 2.62. The lowest BCUT2D eigenvalue weighted by Crippen LogP contribution is -2.16. The van der Waals surface area contributed by atoms with E-state index in [1.54, 1.807) is 13.2 Å². The van der Waals surface area contributed by atoms with Gasteiger partial charge in [-0.25, -0.2) is 4.98 Å². The Kier molecular flexibility index (Phi) is 4.77. The highest BCUT2D eigenvalue weighted by molar-refractivity contribution is 9.10. The molecular formula is C9H15BrN4O. The number of nitrogens with zero attached hydrogens (tertiary/aromatic N) is 2. The van der Waals surface area contributed by atoms with Gasteiger partial charge in [0.15, 0.2) is 0 Å². The number of halogens is 1. The summed E-state index contributed by atoms with van der Waals surface area (Å²) in [7, 11) is 1.80. The van der Waals surface area contributed by atoms with Gasteiger partial charge in [-0.2, -0.15) is 4.98 Å². The maximum Gasteiger partial charge on any atom is 0.224 e. The predicted molar refractivity (Wildman–Crippen MR) is 64.0 cm³/mol. The maximum atomic E-state index is 8.86. The van der Waals surface area contributed by atoms with Gasteiger partial charge in [0.2, 0.25) is 5.95 Å². The average molecular weight is 275 g/mol. The molecule has 5 nitrogen and oxygen atoms in total. The highest BCUT2D eigenvalue weighted by atomic mass is 79.9. The number of rotatable bonds is 5. The monoisotopic (exact) mass is 274 g/mol. The molecule has 0 unspecified atom stereocenters. The highest BCUT2D eigenvalue weighted by Gasteiger charge is 2.04. The second-order valence-corrected chi connectivity index (χ2v) is 4.16. The third-order valence-electron chi connectivity index (χ3n) is 1.90. The zero-order valence-corrected chi connectivity index (χ0v) is 10.4. The summed E-state index contributed by atoms with van der Waals surface area (Å²) in [6, 6.07) is 0. The van der Waals surface area contributed by atoms with Crippen molar-refractivity contribution in [3.8, 4) is 0 Å². The molecule has 0 fully saturated rings. The summed E-state index contributed by atoms with van der Waals surface area (Å²) in [5.41, 5.74) is 0. The molecule has 0 saturated heterocycles. The molecule has 1 atom stereocenters. The Bertz CT molecular complexity index is 321. The Morgan fingerprint density at radius 2 is 2.33 bits per heavy atom. The quantitative estimate of drug-likeness (QED) is 0.756. The van der Waals surface area contributed by atoms with Crippen molar-refractivity contribution in [1.82, 2.24) is 9.97 Å². The van der Waals surface area contributed by atoms with Crippen molar-refractivity contribution in [2.24, 2.45) is 5.92 Å². The van der Waals surface area contributed by atoms with Crippen molar-refractivity contribution < 1.29 is 5.11 Å². The fraction of sp³-hybridized carbons (Fsp3) is 0.556. The van der Waals surface area contributed by atoms with Crippen LogP contribution in [-0.4, -0.2) is 35.3 Å². The second-order valence-electron chi connectivity index (χ2n) is 3.31. The smallest absolute Gasteiger partial charge is 0.224 e. The standard InChI is InChI=1S/C9H15BrN4O/c1-6(5-15)3-12-9-13-4-7(10)8(11-2)14-9/h4,6,15H,3,5H2,1-2H3,(H2,11,12,13,14)/t6-/m1/s1. The third kappa shape index (κ3) is 3.64. The summed E-state index contributed by atoms with van der Waals surface area (Å²) < 4.78 is 0.825. The first-order chi connectivity index (χ1) is 7.17. The number of anilines is 2. The first-order valence-corrected chi connectivity index (χ1v) is 5.51. The molecule has 0 saturated carbocycles. The minimum atomic E-state index is 0.155. The largest absolute Gasteiger partial charge is 0.396 e. The van der Waals surface area contributed by atoms with Crippen LogP contribution in [-0.2, 0) is 0 Å². The summed E-state index contributed by atoms with van der Waals surface area (Å²) in [5.74, 6) is 1.49. The van der Waals surface area contributed by atoms with Gasteiger partial charge in [0.05, 0.1) is 4.47 Å². The van der Waals surface area contributed by atoms with E-state index in [2.05, 4.69) is 36.5 Å². The number of aliphatic hydroxyl groups is 1. The molecule has 0 radical (unpaired) electrons. The first-order valence-electron chi connectivity index (χ1n) is 4.72. The Morgan fingerprint density at radius 3 is 2.93 bits per heavy atom. The molecule has 6 heteroatoms. The van der Waals surface area contributed by atoms with Crippen LogP contribution in [0.1, 0.15) is 6.92 Å². The molecule has 0 spiro atoms. The van der Waals surface area contributed by atoms with E-state index in [0.717, 1.165) is 10.3 Å². The van der Waals surface area contributed by atoms with Crippen LogP contribution in [0.5, 0.6) is 0 Å². The molecule has 3 N–H and O–H groups in total. The molecule has 1 aromatic rings. The molecule has 0 aliphatic rings. The number of hydrogen-bond donors (Lipinski definition) is 3. The van der Waals surface area contributed by atoms with Gasteiger partial charge in [0, 0.05) is 26.4 Å². The average Bonchev–Trinajstić information content (AvgIpc) is 2.27. The lowest BCUT2D eigenvalue weighted by atomic mass is 10.2. The van der Waals surface area contributed by atoms with E-state index >= 15 is 0 Å². The number of aromatic nitrogens is 2. The lowest BCUT2D eigenvalue weighted by Gasteiger charge is -2.10. The number of aliphatic hydroxyl groups excluding tert-OH is 1. The topological polar surface area (TPSA) is 70.1 Å². The summed E-state index contributed by atoms with van der Waals surface area (Å²) in [4.78, 5) is 8.34. The summed E-state index contributed by atoms with van der Waals surface area (Å²) in [6.45, 7) is 2.76. The van der Waals surface area contributed by atoms with E-state index in [4.69, 9.17) is 5.11 Å². The Hall–Kier alpha value is -0.880. The van der Waals surface area contributed by atoms with Crippen LogP contribution in [0.4, 0.5) is 11.8 Å². The van der Waals surface area contributed by atoms with E-state index in [1.807, 2.05) is 6.92 Å². The van der Waals surface area contributed by atoms with Gasteiger partial charge >= 0.3 is 0 Å². The molecule has 1 aromatic heterocycles. The maximum absolute atomic E-state index is 8.86. The first kappa shape index (κ1) is 12.2. The third-order valence-corrected chi connectivity index (χ3v) is 2.48. The summed E-state index contributed by atoms with van der Waals surface area (Å²) in [6.07, 6.45) is 1.69. The molecule has 1 heterocycles. The van der Waals surface area contributed by atoms with Gasteiger partial charge < -0.3 is 15.7 Å². The van der Waals surface area contributed by atoms with Crippen molar-refractivity contribution in [2.75, 3.05) is 30.8 Å². The van der Waals surface area contributed by atoms with E-state index in [-0.39, 0.29) is 12.5 Å². The van der Waals surface area contributed by atoms with Gasteiger partial charge in [-0.05, 0) is 21.8 Å². The zero-order valence-electron chi connectivity index (χ0n) is 8.79. The van der Waals surface area contributed by atoms with E-state index in [1.165, 1.54) is 0 Å². The van der Waals surface area contributed by atoms with Gasteiger partial charge in [0.25, 0.3) is 0 Å². The van der Waals surface area contributed by atoms with E-state index < -0.39 is 0 Å². The van der Waals surface area contributed by atoms with Crippen LogP contribution in [0.3, 0.4) is 0 Å². The number of nitrogens with one attached hydrogen (secondary N) is 2. The SMILES string of the molecule is CNc1nc(NC[C@@H](C)CO)ncc1Br. The Labute approximate surface area is 97.5 Å². The normalized spacial score (nSPS) is 12.3. The predicted octanol–water partition coefficient (Wildman–Crippen LogP) is 1.32. The van der Waals surface area contributed by atoms with Gasteiger partial charge in [-0.1, -0.05) is 6.92 Å². The Morgan fingerprint density at radius 1 is 1.60 bits per heavy atom. The lowest BCUT2D eigenvalue weighted by molar-refractivity contribution is 0.244. The van der Waals surface area contributed by atoms with Crippen molar-refractivity contribution in [3.05, 3.63) is 10.7 Å². The van der Waals surface area contributed by atoms with Crippen LogP contribution in [0.25, 0.3) is 0 Å². The minimum absolute atomic E-state index is 0.155. The second kappa shape index (κ2) is 5.87. The van der Waals surface area contributed by atoms with Crippen molar-refractivity contribution in [2.45, 2.75) is 6.92 Å². The van der Waals surface area contributed by atoms with Gasteiger partial charge in [-0.15, -0.1) is 0 Å². The zero-order chi connectivity index (χ0) is 11.3. The van der Waals surface area contributed by atoms with Gasteiger partial charge in [0.1, 0.15) is 5.82 Å². The molecule has 15 heavy (non-hydrogen) atoms. The minimum Gasteiger partial charge on any atom is -0.396 e. The highest BCUT2D eigenvalue weighted by Crippen LogP contribution is 2.19. The fourth-order valence-electron chi connectivity index (χ4n) is 0.958. The van der Waals surface area contributed by atoms with Crippen LogP contribution < -0.4 is 10.6 Å². The van der Waals surface area contributed by atoms with Gasteiger partial charge in [-0.3, -0.25) is 0 Å².